The van der Waals surface area contributed by atoms with Crippen LogP contribution >= 0.6 is 15.9 Å². The van der Waals surface area contributed by atoms with Crippen LogP contribution in [0, 0.1) is 6.92 Å². The van der Waals surface area contributed by atoms with Gasteiger partial charge in [-0.1, -0.05) is 15.9 Å². The predicted octanol–water partition coefficient (Wildman–Crippen LogP) is 1.60. The van der Waals surface area contributed by atoms with Gasteiger partial charge in [-0.25, -0.2) is 0 Å². The third-order valence-corrected chi connectivity index (χ3v) is 2.93. The molecule has 1 rings (SSSR count). The fourth-order valence-corrected chi connectivity index (χ4v) is 1.39. The summed E-state index contributed by atoms with van der Waals surface area (Å²) in [5, 5.41) is 8.65. The average molecular weight is 246 g/mol. The summed E-state index contributed by atoms with van der Waals surface area (Å²) in [5.41, 5.74) is 2.30. The molecule has 74 valence electrons. The van der Waals surface area contributed by atoms with Crippen LogP contribution in [0.5, 0.6) is 0 Å². The summed E-state index contributed by atoms with van der Waals surface area (Å²) in [5.74, 6) is 0. The summed E-state index contributed by atoms with van der Waals surface area (Å²) in [7, 11) is 1.98. The fourth-order valence-electron chi connectivity index (χ4n) is 1.16. The third-order valence-electron chi connectivity index (χ3n) is 1.96. The molecule has 1 heterocycles. The first-order valence-electron chi connectivity index (χ1n) is 4.42. The van der Waals surface area contributed by atoms with Gasteiger partial charge in [-0.15, -0.1) is 0 Å². The van der Waals surface area contributed by atoms with Crippen molar-refractivity contribution in [2.75, 3.05) is 5.33 Å². The van der Waals surface area contributed by atoms with Crippen LogP contribution in [0.2, 0.25) is 0 Å². The van der Waals surface area contributed by atoms with E-state index >= 15 is 0 Å². The molecule has 0 fully saturated rings. The topological polar surface area (TPSA) is 29.9 Å². The molecule has 1 unspecified atom stereocenters. The first kappa shape index (κ1) is 10.7. The van der Waals surface area contributed by atoms with Crippen molar-refractivity contribution in [2.45, 2.75) is 26.4 Å². The normalized spacial score (nSPS) is 13.2. The fraction of sp³-hybridized carbons (Fsp3) is 0.667. The highest BCUT2D eigenvalue weighted by Gasteiger charge is 2.03. The lowest BCUT2D eigenvalue weighted by Gasteiger charge is -2.09. The third kappa shape index (κ3) is 3.12. The molecule has 1 atom stereocenters. The number of aromatic nitrogens is 2. The second-order valence-corrected chi connectivity index (χ2v) is 3.98. The number of aryl methyl sites for hydroxylation is 2. The Kier molecular flexibility index (Phi) is 3.93. The van der Waals surface area contributed by atoms with Crippen LogP contribution in [-0.4, -0.2) is 21.2 Å². The van der Waals surface area contributed by atoms with Gasteiger partial charge in [-0.3, -0.25) is 4.68 Å². The summed E-state index contributed by atoms with van der Waals surface area (Å²) in [6, 6.07) is 2.60. The molecule has 1 aromatic rings. The van der Waals surface area contributed by atoms with E-state index in [1.165, 1.54) is 5.69 Å². The van der Waals surface area contributed by atoms with E-state index in [0.717, 1.165) is 17.6 Å². The van der Waals surface area contributed by atoms with E-state index in [0.29, 0.717) is 6.04 Å². The van der Waals surface area contributed by atoms with Crippen molar-refractivity contribution in [3.05, 3.63) is 17.5 Å². The molecule has 0 aliphatic carbocycles. The van der Waals surface area contributed by atoms with Crippen LogP contribution in [0.1, 0.15) is 18.3 Å². The Morgan fingerprint density at radius 2 is 2.38 bits per heavy atom. The van der Waals surface area contributed by atoms with Crippen molar-refractivity contribution < 1.29 is 0 Å². The molecule has 1 aromatic heterocycles. The van der Waals surface area contributed by atoms with Gasteiger partial charge >= 0.3 is 0 Å². The molecule has 0 aliphatic rings. The largest absolute Gasteiger partial charge is 0.308 e. The summed E-state index contributed by atoms with van der Waals surface area (Å²) >= 11 is 3.43. The second-order valence-electron chi connectivity index (χ2n) is 3.34. The summed E-state index contributed by atoms with van der Waals surface area (Å²) < 4.78 is 1.92. The SMILES string of the molecule is Cc1cc(CNC(C)CBr)n(C)n1. The Balaban J connectivity index is 2.49. The van der Waals surface area contributed by atoms with Gasteiger partial charge in [-0.05, 0) is 19.9 Å². The number of hydrogen-bond acceptors (Lipinski definition) is 2. The lowest BCUT2D eigenvalue weighted by Crippen LogP contribution is -2.27. The maximum atomic E-state index is 4.28. The van der Waals surface area contributed by atoms with Crippen LogP contribution in [0.3, 0.4) is 0 Å². The van der Waals surface area contributed by atoms with Gasteiger partial charge in [0, 0.05) is 25.0 Å². The zero-order valence-corrected chi connectivity index (χ0v) is 9.93. The van der Waals surface area contributed by atoms with Crippen LogP contribution in [-0.2, 0) is 13.6 Å². The molecule has 13 heavy (non-hydrogen) atoms. The highest BCUT2D eigenvalue weighted by molar-refractivity contribution is 9.09. The Bertz CT molecular complexity index is 270. The number of nitrogens with one attached hydrogen (secondary N) is 1. The Labute approximate surface area is 87.6 Å². The maximum Gasteiger partial charge on any atom is 0.0597 e. The lowest BCUT2D eigenvalue weighted by molar-refractivity contribution is 0.566. The molecule has 0 saturated heterocycles. The van der Waals surface area contributed by atoms with Crippen LogP contribution in [0.15, 0.2) is 6.07 Å². The molecular weight excluding hydrogens is 230 g/mol. The van der Waals surface area contributed by atoms with Gasteiger partial charge in [0.25, 0.3) is 0 Å². The number of halogens is 1. The van der Waals surface area contributed by atoms with Crippen molar-refractivity contribution >= 4 is 15.9 Å². The van der Waals surface area contributed by atoms with Gasteiger partial charge in [0.2, 0.25) is 0 Å². The monoisotopic (exact) mass is 245 g/mol. The molecule has 0 bridgehead atoms. The summed E-state index contributed by atoms with van der Waals surface area (Å²) in [6.07, 6.45) is 0. The van der Waals surface area contributed by atoms with Gasteiger partial charge in [0.15, 0.2) is 0 Å². The van der Waals surface area contributed by atoms with Crippen molar-refractivity contribution in [1.29, 1.82) is 0 Å². The van der Waals surface area contributed by atoms with Crippen molar-refractivity contribution in [3.8, 4) is 0 Å². The molecule has 0 saturated carbocycles. The van der Waals surface area contributed by atoms with E-state index in [-0.39, 0.29) is 0 Å². The number of alkyl halides is 1. The zero-order valence-electron chi connectivity index (χ0n) is 8.34. The highest BCUT2D eigenvalue weighted by atomic mass is 79.9. The Morgan fingerprint density at radius 1 is 1.69 bits per heavy atom. The minimum Gasteiger partial charge on any atom is -0.308 e. The zero-order chi connectivity index (χ0) is 9.84. The van der Waals surface area contributed by atoms with E-state index in [1.54, 1.807) is 0 Å². The Hall–Kier alpha value is -0.350. The smallest absolute Gasteiger partial charge is 0.0597 e. The predicted molar refractivity (Wildman–Crippen MR) is 58.0 cm³/mol. The molecule has 0 amide bonds. The van der Waals surface area contributed by atoms with E-state index in [1.807, 2.05) is 18.7 Å². The van der Waals surface area contributed by atoms with Gasteiger partial charge < -0.3 is 5.32 Å². The standard InChI is InChI=1S/C9H16BrN3/c1-7-4-9(13(3)12-7)6-11-8(2)5-10/h4,8,11H,5-6H2,1-3H3. The lowest BCUT2D eigenvalue weighted by atomic mass is 10.3. The van der Waals surface area contributed by atoms with E-state index in [9.17, 15) is 0 Å². The quantitative estimate of drug-likeness (QED) is 0.818. The van der Waals surface area contributed by atoms with Gasteiger partial charge in [0.1, 0.15) is 0 Å². The Morgan fingerprint density at radius 3 is 2.85 bits per heavy atom. The van der Waals surface area contributed by atoms with Gasteiger partial charge in [-0.2, -0.15) is 5.10 Å². The molecule has 0 radical (unpaired) electrons. The first-order valence-corrected chi connectivity index (χ1v) is 5.54. The van der Waals surface area contributed by atoms with E-state index in [4.69, 9.17) is 0 Å². The molecule has 0 aromatic carbocycles. The second kappa shape index (κ2) is 4.77. The summed E-state index contributed by atoms with van der Waals surface area (Å²) in [4.78, 5) is 0. The molecule has 3 nitrogen and oxygen atoms in total. The molecular formula is C9H16BrN3. The number of nitrogens with zero attached hydrogens (tertiary/aromatic N) is 2. The van der Waals surface area contributed by atoms with Crippen LogP contribution in [0.25, 0.3) is 0 Å². The summed E-state index contributed by atoms with van der Waals surface area (Å²) in [6.45, 7) is 5.04. The van der Waals surface area contributed by atoms with Crippen LogP contribution < -0.4 is 5.32 Å². The van der Waals surface area contributed by atoms with E-state index < -0.39 is 0 Å². The number of hydrogen-bond donors (Lipinski definition) is 1. The van der Waals surface area contributed by atoms with Gasteiger partial charge in [0.05, 0.1) is 11.4 Å². The van der Waals surface area contributed by atoms with Crippen molar-refractivity contribution in [1.82, 2.24) is 15.1 Å². The molecule has 0 aliphatic heterocycles. The molecule has 0 spiro atoms. The molecule has 4 heteroatoms. The van der Waals surface area contributed by atoms with Crippen LogP contribution in [0.4, 0.5) is 0 Å². The molecule has 1 N–H and O–H groups in total. The van der Waals surface area contributed by atoms with Crippen molar-refractivity contribution in [3.63, 3.8) is 0 Å². The average Bonchev–Trinajstić information content (AvgIpc) is 2.41. The van der Waals surface area contributed by atoms with E-state index in [2.05, 4.69) is 39.3 Å². The minimum atomic E-state index is 0.496. The first-order chi connectivity index (χ1) is 6.13. The van der Waals surface area contributed by atoms with Crippen molar-refractivity contribution in [2.24, 2.45) is 7.05 Å². The number of rotatable bonds is 4. The highest BCUT2D eigenvalue weighted by Crippen LogP contribution is 2.01. The minimum absolute atomic E-state index is 0.496. The maximum absolute atomic E-state index is 4.28.